The van der Waals surface area contributed by atoms with Gasteiger partial charge in [0.15, 0.2) is 0 Å². The van der Waals surface area contributed by atoms with Gasteiger partial charge in [0, 0.05) is 11.8 Å². The fraction of sp³-hybridized carbons (Fsp3) is 0.933. The lowest BCUT2D eigenvalue weighted by molar-refractivity contribution is 0.442. The van der Waals surface area contributed by atoms with Crippen LogP contribution in [0.2, 0.25) is 0 Å². The van der Waals surface area contributed by atoms with Crippen molar-refractivity contribution in [1.82, 2.24) is 0 Å². The molecule has 0 unspecified atom stereocenters. The summed E-state index contributed by atoms with van der Waals surface area (Å²) in [5.74, 6) is 0. The minimum absolute atomic E-state index is 0.671. The van der Waals surface area contributed by atoms with Gasteiger partial charge in [-0.2, -0.15) is 0 Å². The summed E-state index contributed by atoms with van der Waals surface area (Å²) in [6.07, 6.45) is 15.0. The van der Waals surface area contributed by atoms with Crippen LogP contribution in [0.1, 0.15) is 84.5 Å². The molecule has 0 atom stereocenters. The summed E-state index contributed by atoms with van der Waals surface area (Å²) in [7, 11) is 0. The first-order valence-corrected chi connectivity index (χ1v) is 7.36. The van der Waals surface area contributed by atoms with E-state index >= 15 is 0 Å². The Kier molecular flexibility index (Phi) is 7.54. The first-order chi connectivity index (χ1) is 7.83. The molecule has 0 heterocycles. The van der Waals surface area contributed by atoms with Gasteiger partial charge < -0.3 is 0 Å². The molecule has 0 aromatic carbocycles. The standard InChI is InChI=1S/C15H29N/c1-3-4-5-6-8-11-14(2)16-15-12-9-7-10-13-15/h15H,3-13H2,1-2H3. The third kappa shape index (κ3) is 6.30. The predicted octanol–water partition coefficient (Wildman–Crippen LogP) is 5.14. The highest BCUT2D eigenvalue weighted by atomic mass is 14.8. The van der Waals surface area contributed by atoms with E-state index in [4.69, 9.17) is 4.99 Å². The molecule has 1 rings (SSSR count). The maximum atomic E-state index is 4.87. The zero-order valence-electron chi connectivity index (χ0n) is 11.3. The highest BCUT2D eigenvalue weighted by molar-refractivity contribution is 5.82. The van der Waals surface area contributed by atoms with Crippen molar-refractivity contribution in [3.05, 3.63) is 0 Å². The van der Waals surface area contributed by atoms with E-state index in [0.29, 0.717) is 6.04 Å². The molecule has 0 aromatic rings. The van der Waals surface area contributed by atoms with Gasteiger partial charge in [-0.25, -0.2) is 0 Å². The normalized spacial score (nSPS) is 19.0. The van der Waals surface area contributed by atoms with Crippen LogP contribution < -0.4 is 0 Å². The number of unbranched alkanes of at least 4 members (excludes halogenated alkanes) is 4. The highest BCUT2D eigenvalue weighted by Gasteiger charge is 2.11. The number of hydrogen-bond donors (Lipinski definition) is 0. The number of rotatable bonds is 7. The van der Waals surface area contributed by atoms with Crippen LogP contribution in [0.15, 0.2) is 4.99 Å². The van der Waals surface area contributed by atoms with Crippen LogP contribution in [0, 0.1) is 0 Å². The van der Waals surface area contributed by atoms with Crippen LogP contribution in [0.5, 0.6) is 0 Å². The van der Waals surface area contributed by atoms with Gasteiger partial charge in [0.1, 0.15) is 0 Å². The summed E-state index contributed by atoms with van der Waals surface area (Å²) in [6.45, 7) is 4.50. The Bertz CT molecular complexity index is 190. The van der Waals surface area contributed by atoms with Crippen molar-refractivity contribution in [2.24, 2.45) is 4.99 Å². The smallest absolute Gasteiger partial charge is 0.0498 e. The maximum absolute atomic E-state index is 4.87. The minimum atomic E-state index is 0.671. The van der Waals surface area contributed by atoms with Crippen LogP contribution in [-0.4, -0.2) is 11.8 Å². The van der Waals surface area contributed by atoms with E-state index in [-0.39, 0.29) is 0 Å². The van der Waals surface area contributed by atoms with E-state index in [1.54, 1.807) is 0 Å². The third-order valence-electron chi connectivity index (χ3n) is 3.62. The molecule has 94 valence electrons. The summed E-state index contributed by atoms with van der Waals surface area (Å²) < 4.78 is 0. The van der Waals surface area contributed by atoms with Crippen molar-refractivity contribution >= 4 is 5.71 Å². The van der Waals surface area contributed by atoms with E-state index < -0.39 is 0 Å². The molecule has 0 aromatic heterocycles. The van der Waals surface area contributed by atoms with Crippen molar-refractivity contribution in [3.8, 4) is 0 Å². The molecule has 1 saturated carbocycles. The lowest BCUT2D eigenvalue weighted by Gasteiger charge is -2.18. The lowest BCUT2D eigenvalue weighted by Crippen LogP contribution is -2.11. The quantitative estimate of drug-likeness (QED) is 0.418. The van der Waals surface area contributed by atoms with E-state index in [1.807, 2.05) is 0 Å². The third-order valence-corrected chi connectivity index (χ3v) is 3.62. The Morgan fingerprint density at radius 3 is 2.38 bits per heavy atom. The number of hydrogen-bond acceptors (Lipinski definition) is 1. The van der Waals surface area contributed by atoms with Crippen molar-refractivity contribution < 1.29 is 0 Å². The second-order valence-corrected chi connectivity index (χ2v) is 5.32. The molecule has 0 aliphatic heterocycles. The second kappa shape index (κ2) is 8.78. The Morgan fingerprint density at radius 1 is 1.00 bits per heavy atom. The molecule has 0 N–H and O–H groups in total. The molecule has 0 spiro atoms. The summed E-state index contributed by atoms with van der Waals surface area (Å²) in [5, 5.41) is 0. The zero-order chi connectivity index (χ0) is 11.6. The Hall–Kier alpha value is -0.330. The van der Waals surface area contributed by atoms with Crippen molar-refractivity contribution in [3.63, 3.8) is 0 Å². The molecule has 0 bridgehead atoms. The predicted molar refractivity (Wildman–Crippen MR) is 73.4 cm³/mol. The van der Waals surface area contributed by atoms with Gasteiger partial charge in [0.25, 0.3) is 0 Å². The lowest BCUT2D eigenvalue weighted by atomic mass is 9.96. The highest BCUT2D eigenvalue weighted by Crippen LogP contribution is 2.20. The fourth-order valence-electron chi connectivity index (χ4n) is 2.57. The molecule has 1 aliphatic rings. The van der Waals surface area contributed by atoms with Gasteiger partial charge in [0.2, 0.25) is 0 Å². The molecule has 16 heavy (non-hydrogen) atoms. The SMILES string of the molecule is CCCCCCCC(C)=NC1CCCCC1. The first kappa shape index (κ1) is 13.7. The van der Waals surface area contributed by atoms with Gasteiger partial charge in [-0.3, -0.25) is 4.99 Å². The fourth-order valence-corrected chi connectivity index (χ4v) is 2.57. The summed E-state index contributed by atoms with van der Waals surface area (Å²) in [4.78, 5) is 4.87. The van der Waals surface area contributed by atoms with Gasteiger partial charge >= 0.3 is 0 Å². The van der Waals surface area contributed by atoms with Crippen molar-refractivity contribution in [1.29, 1.82) is 0 Å². The molecule has 0 amide bonds. The van der Waals surface area contributed by atoms with E-state index in [2.05, 4.69) is 13.8 Å². The Balaban J connectivity index is 2.08. The van der Waals surface area contributed by atoms with Crippen molar-refractivity contribution in [2.45, 2.75) is 90.5 Å². The van der Waals surface area contributed by atoms with Gasteiger partial charge in [0.05, 0.1) is 0 Å². The molecular formula is C15H29N. The van der Waals surface area contributed by atoms with Crippen molar-refractivity contribution in [2.75, 3.05) is 0 Å². The van der Waals surface area contributed by atoms with E-state index in [1.165, 1.54) is 76.3 Å². The van der Waals surface area contributed by atoms with Crippen LogP contribution in [0.3, 0.4) is 0 Å². The number of aliphatic imine (C=N–C) groups is 1. The number of nitrogens with zero attached hydrogens (tertiary/aromatic N) is 1. The zero-order valence-corrected chi connectivity index (χ0v) is 11.3. The Morgan fingerprint density at radius 2 is 1.69 bits per heavy atom. The minimum Gasteiger partial charge on any atom is -0.291 e. The van der Waals surface area contributed by atoms with Crippen LogP contribution in [0.4, 0.5) is 0 Å². The van der Waals surface area contributed by atoms with Crippen LogP contribution in [-0.2, 0) is 0 Å². The average molecular weight is 223 g/mol. The van der Waals surface area contributed by atoms with Gasteiger partial charge in [-0.05, 0) is 32.6 Å². The van der Waals surface area contributed by atoms with Crippen LogP contribution >= 0.6 is 0 Å². The molecule has 1 fully saturated rings. The Labute approximate surface area is 102 Å². The first-order valence-electron chi connectivity index (χ1n) is 7.36. The largest absolute Gasteiger partial charge is 0.291 e. The molecule has 0 saturated heterocycles. The molecule has 1 heteroatoms. The molecular weight excluding hydrogens is 194 g/mol. The molecule has 1 nitrogen and oxygen atoms in total. The van der Waals surface area contributed by atoms with Gasteiger partial charge in [-0.15, -0.1) is 0 Å². The monoisotopic (exact) mass is 223 g/mol. The average Bonchev–Trinajstić information content (AvgIpc) is 2.30. The van der Waals surface area contributed by atoms with Crippen LogP contribution in [0.25, 0.3) is 0 Å². The summed E-state index contributed by atoms with van der Waals surface area (Å²) in [5.41, 5.74) is 1.41. The summed E-state index contributed by atoms with van der Waals surface area (Å²) >= 11 is 0. The van der Waals surface area contributed by atoms with Gasteiger partial charge in [-0.1, -0.05) is 51.9 Å². The van der Waals surface area contributed by atoms with E-state index in [9.17, 15) is 0 Å². The molecule has 0 radical (unpaired) electrons. The maximum Gasteiger partial charge on any atom is 0.0498 e. The topological polar surface area (TPSA) is 12.4 Å². The van der Waals surface area contributed by atoms with E-state index in [0.717, 1.165) is 0 Å². The summed E-state index contributed by atoms with van der Waals surface area (Å²) in [6, 6.07) is 0.671. The second-order valence-electron chi connectivity index (χ2n) is 5.32. The molecule has 1 aliphatic carbocycles.